The van der Waals surface area contributed by atoms with Crippen molar-refractivity contribution in [3.63, 3.8) is 0 Å². The molecule has 1 saturated heterocycles. The second kappa shape index (κ2) is 10.7. The summed E-state index contributed by atoms with van der Waals surface area (Å²) in [7, 11) is 2.05. The third-order valence-electron chi connectivity index (χ3n) is 6.85. The van der Waals surface area contributed by atoms with Crippen molar-refractivity contribution in [2.75, 3.05) is 46.4 Å². The van der Waals surface area contributed by atoms with Crippen LogP contribution in [-0.4, -0.2) is 84.0 Å². The lowest BCUT2D eigenvalue weighted by Gasteiger charge is -2.39. The number of fused-ring (bicyclic) bond motifs is 1. The van der Waals surface area contributed by atoms with Crippen LogP contribution in [0.1, 0.15) is 43.0 Å². The van der Waals surface area contributed by atoms with Gasteiger partial charge in [0.25, 0.3) is 5.91 Å². The number of benzene rings is 1. The fraction of sp³-hybridized carbons (Fsp3) is 0.538. The maximum atomic E-state index is 13.4. The number of amides is 1. The van der Waals surface area contributed by atoms with Crippen molar-refractivity contribution in [3.05, 3.63) is 47.9 Å². The highest BCUT2D eigenvalue weighted by atomic mass is 16.7. The number of rotatable bonds is 7. The average Bonchev–Trinajstić information content (AvgIpc) is 3.23. The average molecular weight is 470 g/mol. The minimum absolute atomic E-state index is 0.0636. The van der Waals surface area contributed by atoms with Gasteiger partial charge in [0.1, 0.15) is 0 Å². The molecule has 1 fully saturated rings. The van der Waals surface area contributed by atoms with Crippen molar-refractivity contribution >= 4 is 22.7 Å². The molecule has 8 nitrogen and oxygen atoms in total. The largest absolute Gasteiger partial charge is 0.459 e. The first-order valence-electron chi connectivity index (χ1n) is 12.1. The van der Waals surface area contributed by atoms with Crippen LogP contribution in [0, 0.1) is 5.92 Å². The van der Waals surface area contributed by atoms with Gasteiger partial charge < -0.3 is 24.4 Å². The highest BCUT2D eigenvalue weighted by molar-refractivity contribution is 5.95. The Hall–Kier alpha value is -2.68. The smallest absolute Gasteiger partial charge is 0.288 e. The number of likely N-dealkylation sites (N-methyl/N-ethyl adjacent to an activating group) is 1. The Balaban J connectivity index is 1.78. The Bertz CT molecular complexity index is 1050. The molecule has 2 aromatic rings. The molecule has 0 saturated carbocycles. The SMILES string of the molecule is CCO[C@H]1OC(C(=O)N2CCN(C)CC2)=C[C@@H](c2cn(C(C)=O)c3ccccc23)[C@H]1CCCO. The number of carbonyl (C=O) groups excluding carboxylic acids is 2. The van der Waals surface area contributed by atoms with Gasteiger partial charge in [0.05, 0.1) is 5.52 Å². The molecule has 3 atom stereocenters. The third-order valence-corrected chi connectivity index (χ3v) is 6.85. The fourth-order valence-electron chi connectivity index (χ4n) is 5.01. The van der Waals surface area contributed by atoms with Crippen LogP contribution in [0.25, 0.3) is 10.9 Å². The summed E-state index contributed by atoms with van der Waals surface area (Å²) in [4.78, 5) is 29.9. The van der Waals surface area contributed by atoms with E-state index in [9.17, 15) is 14.7 Å². The summed E-state index contributed by atoms with van der Waals surface area (Å²) in [5.41, 5.74) is 1.80. The summed E-state index contributed by atoms with van der Waals surface area (Å²) in [6, 6.07) is 7.81. The van der Waals surface area contributed by atoms with Crippen molar-refractivity contribution in [2.24, 2.45) is 5.92 Å². The second-order valence-corrected chi connectivity index (χ2v) is 9.11. The van der Waals surface area contributed by atoms with Gasteiger partial charge in [-0.2, -0.15) is 0 Å². The van der Waals surface area contributed by atoms with E-state index in [-0.39, 0.29) is 30.3 Å². The summed E-state index contributed by atoms with van der Waals surface area (Å²) in [6.07, 6.45) is 4.43. The summed E-state index contributed by atoms with van der Waals surface area (Å²) >= 11 is 0. The monoisotopic (exact) mass is 469 g/mol. The van der Waals surface area contributed by atoms with Crippen molar-refractivity contribution in [3.8, 4) is 0 Å². The number of carbonyl (C=O) groups is 2. The van der Waals surface area contributed by atoms with Crippen molar-refractivity contribution in [2.45, 2.75) is 38.9 Å². The van der Waals surface area contributed by atoms with Gasteiger partial charge in [-0.15, -0.1) is 0 Å². The fourth-order valence-corrected chi connectivity index (χ4v) is 5.01. The van der Waals surface area contributed by atoms with Gasteiger partial charge in [-0.1, -0.05) is 18.2 Å². The lowest BCUT2D eigenvalue weighted by Crippen LogP contribution is -2.49. The quantitative estimate of drug-likeness (QED) is 0.671. The zero-order chi connectivity index (χ0) is 24.2. The molecule has 1 amide bonds. The maximum absolute atomic E-state index is 13.4. The van der Waals surface area contributed by atoms with Gasteiger partial charge in [-0.3, -0.25) is 14.2 Å². The van der Waals surface area contributed by atoms with Crippen molar-refractivity contribution in [1.82, 2.24) is 14.4 Å². The van der Waals surface area contributed by atoms with Crippen LogP contribution in [0.3, 0.4) is 0 Å². The molecule has 3 heterocycles. The van der Waals surface area contributed by atoms with Crippen LogP contribution in [-0.2, 0) is 14.3 Å². The van der Waals surface area contributed by atoms with Gasteiger partial charge >= 0.3 is 0 Å². The molecule has 1 N–H and O–H groups in total. The molecule has 184 valence electrons. The van der Waals surface area contributed by atoms with Crippen LogP contribution in [0.4, 0.5) is 0 Å². The number of aromatic nitrogens is 1. The zero-order valence-corrected chi connectivity index (χ0v) is 20.3. The molecule has 0 radical (unpaired) electrons. The number of ether oxygens (including phenoxy) is 2. The van der Waals surface area contributed by atoms with E-state index in [1.165, 1.54) is 0 Å². The predicted molar refractivity (Wildman–Crippen MR) is 129 cm³/mol. The van der Waals surface area contributed by atoms with Gasteiger partial charge in [-0.25, -0.2) is 0 Å². The number of nitrogens with zero attached hydrogens (tertiary/aromatic N) is 3. The molecule has 34 heavy (non-hydrogen) atoms. The molecule has 2 aliphatic rings. The molecular formula is C26H35N3O5. The first-order chi connectivity index (χ1) is 16.4. The summed E-state index contributed by atoms with van der Waals surface area (Å²) in [5, 5.41) is 10.5. The lowest BCUT2D eigenvalue weighted by molar-refractivity contribution is -0.170. The number of piperazine rings is 1. The Kier molecular flexibility index (Phi) is 7.70. The zero-order valence-electron chi connectivity index (χ0n) is 20.3. The first kappa shape index (κ1) is 24.4. The van der Waals surface area contributed by atoms with Crippen LogP contribution >= 0.6 is 0 Å². The molecule has 8 heteroatoms. The van der Waals surface area contributed by atoms with Crippen LogP contribution < -0.4 is 0 Å². The second-order valence-electron chi connectivity index (χ2n) is 9.11. The lowest BCUT2D eigenvalue weighted by atomic mass is 9.80. The maximum Gasteiger partial charge on any atom is 0.288 e. The van der Waals surface area contributed by atoms with E-state index in [2.05, 4.69) is 11.9 Å². The molecule has 1 aromatic carbocycles. The molecule has 0 aliphatic carbocycles. The molecular weight excluding hydrogens is 434 g/mol. The van der Waals surface area contributed by atoms with E-state index in [1.54, 1.807) is 11.5 Å². The minimum atomic E-state index is -0.614. The number of para-hydroxylation sites is 1. The van der Waals surface area contributed by atoms with E-state index < -0.39 is 6.29 Å². The van der Waals surface area contributed by atoms with Crippen LogP contribution in [0.2, 0.25) is 0 Å². The molecule has 2 aliphatic heterocycles. The molecule has 0 spiro atoms. The number of hydrogen-bond donors (Lipinski definition) is 1. The van der Waals surface area contributed by atoms with Crippen LogP contribution in [0.5, 0.6) is 0 Å². The Morgan fingerprint density at radius 3 is 2.59 bits per heavy atom. The van der Waals surface area contributed by atoms with E-state index >= 15 is 0 Å². The van der Waals surface area contributed by atoms with E-state index in [0.29, 0.717) is 38.3 Å². The van der Waals surface area contributed by atoms with Gasteiger partial charge in [0.2, 0.25) is 12.2 Å². The van der Waals surface area contributed by atoms with Crippen LogP contribution in [0.15, 0.2) is 42.3 Å². The number of aliphatic hydroxyl groups excluding tert-OH is 1. The first-order valence-corrected chi connectivity index (χ1v) is 12.1. The topological polar surface area (TPSA) is 84.2 Å². The van der Waals surface area contributed by atoms with Gasteiger partial charge in [0, 0.05) is 69.7 Å². The summed E-state index contributed by atoms with van der Waals surface area (Å²) in [6.45, 7) is 6.90. The normalized spacial score (nSPS) is 23.6. The Morgan fingerprint density at radius 2 is 1.91 bits per heavy atom. The van der Waals surface area contributed by atoms with Gasteiger partial charge in [0.15, 0.2) is 5.76 Å². The van der Waals surface area contributed by atoms with Gasteiger partial charge in [-0.05, 0) is 44.5 Å². The predicted octanol–water partition coefficient (Wildman–Crippen LogP) is 2.82. The van der Waals surface area contributed by atoms with E-state index in [1.807, 2.05) is 48.4 Å². The van der Waals surface area contributed by atoms with E-state index in [0.717, 1.165) is 29.6 Å². The highest BCUT2D eigenvalue weighted by Crippen LogP contribution is 2.42. The Labute approximate surface area is 200 Å². The molecule has 4 rings (SSSR count). The molecule has 1 aromatic heterocycles. The Morgan fingerprint density at radius 1 is 1.18 bits per heavy atom. The minimum Gasteiger partial charge on any atom is -0.459 e. The molecule has 0 unspecified atom stereocenters. The summed E-state index contributed by atoms with van der Waals surface area (Å²) in [5.74, 6) is -0.205. The number of aliphatic hydroxyl groups is 1. The summed E-state index contributed by atoms with van der Waals surface area (Å²) < 4.78 is 13.8. The molecule has 0 bridgehead atoms. The van der Waals surface area contributed by atoms with Crippen molar-refractivity contribution in [1.29, 1.82) is 0 Å². The number of allylic oxidation sites excluding steroid dienone is 1. The standard InChI is InChI=1S/C26H35N3O5/c1-4-33-26-20(9-7-15-30)21(16-24(34-26)25(32)28-13-11-27(3)12-14-28)22-17-29(18(2)31)23-10-6-5-8-19(22)23/h5-6,8,10,16-17,20-21,26,30H,4,7,9,11-15H2,1-3H3/t20-,21-,26+/m1/s1. The van der Waals surface area contributed by atoms with E-state index in [4.69, 9.17) is 9.47 Å². The third kappa shape index (κ3) is 4.89. The van der Waals surface area contributed by atoms with Crippen molar-refractivity contribution < 1.29 is 24.2 Å². The number of hydrogen-bond acceptors (Lipinski definition) is 6. The highest BCUT2D eigenvalue weighted by Gasteiger charge is 2.40.